The van der Waals surface area contributed by atoms with Crippen molar-refractivity contribution in [1.82, 2.24) is 5.32 Å². The maximum absolute atomic E-state index is 3.95. The second-order valence-corrected chi connectivity index (χ2v) is 7.79. The minimum atomic E-state index is 0.555. The van der Waals surface area contributed by atoms with E-state index >= 15 is 0 Å². The fourth-order valence-corrected chi connectivity index (χ4v) is 4.02. The average Bonchev–Trinajstić information content (AvgIpc) is 2.83. The molecule has 0 aromatic carbocycles. The van der Waals surface area contributed by atoms with Gasteiger partial charge in [-0.1, -0.05) is 39.7 Å². The molecule has 0 spiro atoms. The molecule has 108 valence electrons. The van der Waals surface area contributed by atoms with E-state index < -0.39 is 0 Å². The van der Waals surface area contributed by atoms with E-state index in [1.807, 2.05) is 11.3 Å². The van der Waals surface area contributed by atoms with Crippen LogP contribution < -0.4 is 5.32 Å². The molecule has 0 saturated heterocycles. The van der Waals surface area contributed by atoms with Crippen molar-refractivity contribution in [2.45, 2.75) is 77.8 Å². The molecule has 1 aliphatic rings. The molecule has 1 fully saturated rings. The van der Waals surface area contributed by atoms with Gasteiger partial charge in [0.1, 0.15) is 0 Å². The Balaban J connectivity index is 1.94. The van der Waals surface area contributed by atoms with Crippen LogP contribution >= 0.6 is 11.3 Å². The lowest BCUT2D eigenvalue weighted by Crippen LogP contribution is -2.32. The van der Waals surface area contributed by atoms with Crippen LogP contribution in [0.1, 0.15) is 76.6 Å². The highest BCUT2D eigenvalue weighted by atomic mass is 32.1. The largest absolute Gasteiger partial charge is 0.306 e. The molecule has 0 radical (unpaired) electrons. The first-order valence-corrected chi connectivity index (χ1v) is 8.78. The van der Waals surface area contributed by atoms with Gasteiger partial charge in [-0.25, -0.2) is 0 Å². The van der Waals surface area contributed by atoms with E-state index in [4.69, 9.17) is 0 Å². The Morgan fingerprint density at radius 3 is 2.89 bits per heavy atom. The van der Waals surface area contributed by atoms with Gasteiger partial charge in [0.15, 0.2) is 0 Å². The summed E-state index contributed by atoms with van der Waals surface area (Å²) in [6.45, 7) is 7.15. The van der Waals surface area contributed by atoms with Crippen molar-refractivity contribution >= 4 is 11.3 Å². The summed E-state index contributed by atoms with van der Waals surface area (Å²) in [6.07, 6.45) is 9.37. The van der Waals surface area contributed by atoms with Crippen LogP contribution in [0.25, 0.3) is 0 Å². The number of thiophene rings is 1. The highest BCUT2D eigenvalue weighted by molar-refractivity contribution is 7.10. The molecule has 2 atom stereocenters. The highest BCUT2D eigenvalue weighted by Gasteiger charge is 2.25. The van der Waals surface area contributed by atoms with E-state index in [2.05, 4.69) is 43.6 Å². The van der Waals surface area contributed by atoms with Gasteiger partial charge in [0.2, 0.25) is 0 Å². The van der Waals surface area contributed by atoms with Crippen LogP contribution in [0.15, 0.2) is 17.5 Å². The molecule has 1 aromatic heterocycles. The minimum absolute atomic E-state index is 0.555. The second-order valence-electron chi connectivity index (χ2n) is 6.82. The van der Waals surface area contributed by atoms with Crippen LogP contribution in [0.4, 0.5) is 0 Å². The topological polar surface area (TPSA) is 12.0 Å². The molecule has 1 aromatic rings. The van der Waals surface area contributed by atoms with E-state index in [-0.39, 0.29) is 0 Å². The van der Waals surface area contributed by atoms with Crippen LogP contribution in [-0.4, -0.2) is 6.04 Å². The summed E-state index contributed by atoms with van der Waals surface area (Å²) in [5.74, 6) is 0. The van der Waals surface area contributed by atoms with E-state index in [9.17, 15) is 0 Å². The number of hydrogen-bond donors (Lipinski definition) is 1. The summed E-state index contributed by atoms with van der Waals surface area (Å²) in [5.41, 5.74) is 0.555. The van der Waals surface area contributed by atoms with Gasteiger partial charge in [0, 0.05) is 17.0 Å². The van der Waals surface area contributed by atoms with Crippen LogP contribution in [0.3, 0.4) is 0 Å². The lowest BCUT2D eigenvalue weighted by molar-refractivity contribution is 0.306. The molecule has 0 bridgehead atoms. The van der Waals surface area contributed by atoms with Gasteiger partial charge in [-0.2, -0.15) is 0 Å². The molecule has 1 saturated carbocycles. The van der Waals surface area contributed by atoms with Gasteiger partial charge in [0.05, 0.1) is 0 Å². The molecule has 1 N–H and O–H groups in total. The number of rotatable bonds is 5. The fourth-order valence-electron chi connectivity index (χ4n) is 3.20. The Kier molecular flexibility index (Phi) is 5.47. The lowest BCUT2D eigenvalue weighted by Gasteiger charge is -2.25. The van der Waals surface area contributed by atoms with Crippen LogP contribution in [0, 0.1) is 5.41 Å². The fraction of sp³-hybridized carbons (Fsp3) is 0.765. The average molecular weight is 279 g/mol. The van der Waals surface area contributed by atoms with E-state index in [1.165, 1.54) is 49.8 Å². The maximum Gasteiger partial charge on any atom is 0.0416 e. The predicted octanol–water partition coefficient (Wildman–Crippen LogP) is 5.54. The van der Waals surface area contributed by atoms with Gasteiger partial charge in [-0.05, 0) is 49.0 Å². The van der Waals surface area contributed by atoms with Crippen molar-refractivity contribution in [2.24, 2.45) is 5.41 Å². The van der Waals surface area contributed by atoms with Gasteiger partial charge < -0.3 is 5.32 Å². The van der Waals surface area contributed by atoms with Crippen molar-refractivity contribution in [3.63, 3.8) is 0 Å². The SMILES string of the molecule is CCCC(NC1CCCC(C)(C)CC1)c1cccs1. The highest BCUT2D eigenvalue weighted by Crippen LogP contribution is 2.35. The minimum Gasteiger partial charge on any atom is -0.306 e. The van der Waals surface area contributed by atoms with Crippen molar-refractivity contribution in [3.05, 3.63) is 22.4 Å². The zero-order chi connectivity index (χ0) is 13.7. The van der Waals surface area contributed by atoms with Gasteiger partial charge in [-0.3, -0.25) is 0 Å². The summed E-state index contributed by atoms with van der Waals surface area (Å²) in [5, 5.41) is 6.15. The summed E-state index contributed by atoms with van der Waals surface area (Å²) in [6, 6.07) is 5.77. The first-order chi connectivity index (χ1) is 9.11. The van der Waals surface area contributed by atoms with Crippen molar-refractivity contribution in [1.29, 1.82) is 0 Å². The van der Waals surface area contributed by atoms with E-state index in [0.717, 1.165) is 6.04 Å². The van der Waals surface area contributed by atoms with Crippen molar-refractivity contribution in [3.8, 4) is 0 Å². The molecule has 2 unspecified atom stereocenters. The molecule has 0 aliphatic heterocycles. The first kappa shape index (κ1) is 15.1. The zero-order valence-corrected chi connectivity index (χ0v) is 13.6. The third kappa shape index (κ3) is 4.61. The van der Waals surface area contributed by atoms with E-state index in [1.54, 1.807) is 0 Å². The van der Waals surface area contributed by atoms with Crippen molar-refractivity contribution in [2.75, 3.05) is 0 Å². The standard InChI is InChI=1S/C17H29NS/c1-4-7-15(16-9-6-13-19-16)18-14-8-5-11-17(2,3)12-10-14/h6,9,13-15,18H,4-5,7-8,10-12H2,1-3H3. The van der Waals surface area contributed by atoms with Crippen LogP contribution in [0.5, 0.6) is 0 Å². The Hall–Kier alpha value is -0.340. The molecular formula is C17H29NS. The zero-order valence-electron chi connectivity index (χ0n) is 12.7. The smallest absolute Gasteiger partial charge is 0.0416 e. The Bertz CT molecular complexity index is 355. The predicted molar refractivity (Wildman–Crippen MR) is 85.8 cm³/mol. The summed E-state index contributed by atoms with van der Waals surface area (Å²) >= 11 is 1.90. The summed E-state index contributed by atoms with van der Waals surface area (Å²) < 4.78 is 0. The Morgan fingerprint density at radius 1 is 1.37 bits per heavy atom. The molecule has 1 nitrogen and oxygen atoms in total. The van der Waals surface area contributed by atoms with Gasteiger partial charge >= 0.3 is 0 Å². The van der Waals surface area contributed by atoms with Gasteiger partial charge in [-0.15, -0.1) is 11.3 Å². The van der Waals surface area contributed by atoms with Crippen LogP contribution in [0.2, 0.25) is 0 Å². The van der Waals surface area contributed by atoms with Crippen molar-refractivity contribution < 1.29 is 0 Å². The van der Waals surface area contributed by atoms with E-state index in [0.29, 0.717) is 11.5 Å². The molecule has 19 heavy (non-hydrogen) atoms. The maximum atomic E-state index is 3.95. The Labute approximate surface area is 122 Å². The number of hydrogen-bond acceptors (Lipinski definition) is 2. The number of nitrogens with one attached hydrogen (secondary N) is 1. The molecule has 2 rings (SSSR count). The molecule has 1 heterocycles. The third-order valence-electron chi connectivity index (χ3n) is 4.48. The first-order valence-electron chi connectivity index (χ1n) is 7.90. The lowest BCUT2D eigenvalue weighted by atomic mass is 9.85. The summed E-state index contributed by atoms with van der Waals surface area (Å²) in [4.78, 5) is 1.52. The second kappa shape index (κ2) is 6.90. The Morgan fingerprint density at radius 2 is 2.21 bits per heavy atom. The molecular weight excluding hydrogens is 250 g/mol. The molecule has 0 amide bonds. The normalized spacial score (nSPS) is 24.9. The third-order valence-corrected chi connectivity index (χ3v) is 5.46. The molecule has 1 aliphatic carbocycles. The quantitative estimate of drug-likeness (QED) is 0.698. The van der Waals surface area contributed by atoms with Crippen LogP contribution in [-0.2, 0) is 0 Å². The molecule has 2 heteroatoms. The summed E-state index contributed by atoms with van der Waals surface area (Å²) in [7, 11) is 0. The van der Waals surface area contributed by atoms with Gasteiger partial charge in [0.25, 0.3) is 0 Å². The monoisotopic (exact) mass is 279 g/mol.